The van der Waals surface area contributed by atoms with Gasteiger partial charge >= 0.3 is 30.0 Å². The topological polar surface area (TPSA) is 9.23 Å². The average Bonchev–Trinajstić information content (AvgIpc) is 2.30. The Bertz CT molecular complexity index is 272. The van der Waals surface area contributed by atoms with Crippen molar-refractivity contribution < 1.29 is 21.1 Å². The molecule has 0 amide bonds. The summed E-state index contributed by atoms with van der Waals surface area (Å²) in [6, 6.07) is 10.8. The van der Waals surface area contributed by atoms with E-state index in [1.807, 2.05) is 38.1 Å². The van der Waals surface area contributed by atoms with Crippen molar-refractivity contribution >= 4 is 13.6 Å². The summed E-state index contributed by atoms with van der Waals surface area (Å²) < 4.78 is 5.63. The van der Waals surface area contributed by atoms with Gasteiger partial charge in [0.25, 0.3) is 0 Å². The van der Waals surface area contributed by atoms with E-state index in [9.17, 15) is 0 Å². The van der Waals surface area contributed by atoms with Crippen molar-refractivity contribution in [1.29, 1.82) is 0 Å². The monoisotopic (exact) mass is 318 g/mol. The van der Waals surface area contributed by atoms with E-state index in [4.69, 9.17) is 4.74 Å². The molecule has 1 aromatic rings. The first-order valence-electron chi connectivity index (χ1n) is 4.65. The zero-order valence-electron chi connectivity index (χ0n) is 9.29. The third-order valence-corrected chi connectivity index (χ3v) is 1.98. The zero-order valence-corrected chi connectivity index (χ0v) is 13.8. The molecule has 0 saturated carbocycles. The molecule has 1 nitrogen and oxygen atoms in total. The minimum absolute atomic E-state index is 0.247. The third-order valence-electron chi connectivity index (χ3n) is 1.98. The molecule has 0 atom stereocenters. The van der Waals surface area contributed by atoms with Crippen molar-refractivity contribution in [3.05, 3.63) is 48.6 Å². The molecule has 0 N–H and O–H groups in total. The van der Waals surface area contributed by atoms with E-state index in [0.717, 1.165) is 5.56 Å². The standard InChI is InChI=1S/C12H15O.BrH.Zn/c1-4-10-13-12(2,3)11-8-6-5-7-9-11;;/h4,6-9H,1,10H2,2-3H3;1H;/q-1;;+2/p-1. The van der Waals surface area contributed by atoms with Crippen molar-refractivity contribution in [3.63, 3.8) is 0 Å². The van der Waals surface area contributed by atoms with Crippen LogP contribution in [0.3, 0.4) is 0 Å². The van der Waals surface area contributed by atoms with Crippen LogP contribution in [0, 0.1) is 6.07 Å². The van der Waals surface area contributed by atoms with Crippen LogP contribution >= 0.6 is 13.6 Å². The van der Waals surface area contributed by atoms with Crippen LogP contribution < -0.4 is 0 Å². The summed E-state index contributed by atoms with van der Waals surface area (Å²) in [5, 5.41) is 0. The van der Waals surface area contributed by atoms with Gasteiger partial charge in [-0.3, -0.25) is 0 Å². The average molecular weight is 321 g/mol. The SMILES string of the molecule is C=CCOC(C)(C)c1cc[c-]cc1.[Zn+][Br]. The molecule has 15 heavy (non-hydrogen) atoms. The molecule has 3 heteroatoms. The number of hydrogen-bond donors (Lipinski definition) is 0. The Morgan fingerprint density at radius 3 is 2.47 bits per heavy atom. The fraction of sp³-hybridized carbons (Fsp3) is 0.333. The van der Waals surface area contributed by atoms with E-state index < -0.39 is 0 Å². The van der Waals surface area contributed by atoms with Gasteiger partial charge in [0, 0.05) is 0 Å². The molecule has 0 spiro atoms. The Hall–Kier alpha value is 0.0234. The van der Waals surface area contributed by atoms with E-state index in [2.05, 4.69) is 26.3 Å². The fourth-order valence-corrected chi connectivity index (χ4v) is 1.14. The first-order chi connectivity index (χ1) is 7.17. The summed E-state index contributed by atoms with van der Waals surface area (Å²) in [5.41, 5.74) is 0.914. The molecule has 0 aliphatic rings. The quantitative estimate of drug-likeness (QED) is 0.466. The second-order valence-electron chi connectivity index (χ2n) is 3.40. The van der Waals surface area contributed by atoms with Crippen molar-refractivity contribution in [2.45, 2.75) is 19.4 Å². The first kappa shape index (κ1) is 15.0. The van der Waals surface area contributed by atoms with Crippen molar-refractivity contribution in [1.82, 2.24) is 0 Å². The van der Waals surface area contributed by atoms with E-state index in [1.165, 1.54) is 16.3 Å². The Balaban J connectivity index is 0.000000921. The third kappa shape index (κ3) is 5.60. The number of halogens is 1. The number of benzene rings is 1. The van der Waals surface area contributed by atoms with Crippen LogP contribution in [0.4, 0.5) is 0 Å². The normalized spacial score (nSPS) is 10.2. The van der Waals surface area contributed by atoms with E-state index in [-0.39, 0.29) is 5.60 Å². The minimum atomic E-state index is -0.247. The van der Waals surface area contributed by atoms with Gasteiger partial charge in [-0.05, 0) is 13.8 Å². The van der Waals surface area contributed by atoms with Crippen molar-refractivity contribution in [2.24, 2.45) is 0 Å². The number of rotatable bonds is 4. The van der Waals surface area contributed by atoms with Gasteiger partial charge in [-0.15, -0.1) is 12.1 Å². The molecule has 0 aliphatic carbocycles. The Labute approximate surface area is 109 Å². The second-order valence-corrected chi connectivity index (χ2v) is 3.40. The molecule has 1 rings (SSSR count). The van der Waals surface area contributed by atoms with Crippen LogP contribution in [-0.4, -0.2) is 6.61 Å². The molecule has 0 aromatic heterocycles. The van der Waals surface area contributed by atoms with Crippen LogP contribution in [0.15, 0.2) is 36.9 Å². The van der Waals surface area contributed by atoms with Crippen LogP contribution in [0.5, 0.6) is 0 Å². The molecular weight excluding hydrogens is 305 g/mol. The summed E-state index contributed by atoms with van der Waals surface area (Å²) >= 11 is 4.25. The van der Waals surface area contributed by atoms with Gasteiger partial charge in [0.15, 0.2) is 0 Å². The van der Waals surface area contributed by atoms with Crippen molar-refractivity contribution in [2.75, 3.05) is 6.61 Å². The van der Waals surface area contributed by atoms with Crippen LogP contribution in [0.1, 0.15) is 19.4 Å². The first-order valence-corrected chi connectivity index (χ1v) is 11.6. The maximum absolute atomic E-state index is 5.63. The summed E-state index contributed by atoms with van der Waals surface area (Å²) in [7, 11) is 0. The second kappa shape index (κ2) is 8.21. The van der Waals surface area contributed by atoms with Gasteiger partial charge in [-0.2, -0.15) is 30.3 Å². The van der Waals surface area contributed by atoms with Gasteiger partial charge in [0.05, 0.1) is 12.2 Å². The van der Waals surface area contributed by atoms with Gasteiger partial charge in [-0.25, -0.2) is 0 Å². The van der Waals surface area contributed by atoms with Gasteiger partial charge < -0.3 is 4.74 Å². The zero-order chi connectivity index (χ0) is 11.7. The van der Waals surface area contributed by atoms with Gasteiger partial charge in [-0.1, -0.05) is 6.08 Å². The molecule has 0 saturated heterocycles. The van der Waals surface area contributed by atoms with Crippen LogP contribution in [-0.2, 0) is 26.7 Å². The Morgan fingerprint density at radius 2 is 2.00 bits per heavy atom. The molecule has 78 valence electrons. The molecule has 0 heterocycles. The van der Waals surface area contributed by atoms with Gasteiger partial charge in [0.1, 0.15) is 0 Å². The van der Waals surface area contributed by atoms with E-state index >= 15 is 0 Å². The fourth-order valence-electron chi connectivity index (χ4n) is 1.14. The molecule has 0 radical (unpaired) electrons. The predicted molar refractivity (Wildman–Crippen MR) is 63.4 cm³/mol. The maximum atomic E-state index is 5.63. The van der Waals surface area contributed by atoms with Crippen LogP contribution in [0.2, 0.25) is 0 Å². The molecular formula is C12H15BrOZn. The summed E-state index contributed by atoms with van der Waals surface area (Å²) in [6.45, 7) is 8.30. The van der Waals surface area contributed by atoms with Crippen LogP contribution in [0.25, 0.3) is 0 Å². The van der Waals surface area contributed by atoms with E-state index in [0.29, 0.717) is 6.61 Å². The Kier molecular flexibility index (Phi) is 8.22. The van der Waals surface area contributed by atoms with Gasteiger partial charge in [0.2, 0.25) is 0 Å². The summed E-state index contributed by atoms with van der Waals surface area (Å²) in [5.74, 6) is 0. The van der Waals surface area contributed by atoms with E-state index in [1.54, 1.807) is 6.08 Å². The summed E-state index contributed by atoms with van der Waals surface area (Å²) in [4.78, 5) is 0. The number of hydrogen-bond acceptors (Lipinski definition) is 1. The predicted octanol–water partition coefficient (Wildman–Crippen LogP) is 3.77. The number of ether oxygens (including phenoxy) is 1. The molecule has 1 aromatic carbocycles. The molecule has 0 fully saturated rings. The van der Waals surface area contributed by atoms with Crippen molar-refractivity contribution in [3.8, 4) is 0 Å². The summed E-state index contributed by atoms with van der Waals surface area (Å²) in [6.07, 6.45) is 1.76. The molecule has 0 bridgehead atoms. The Morgan fingerprint density at radius 1 is 1.47 bits per heavy atom. The molecule has 0 unspecified atom stereocenters. The molecule has 0 aliphatic heterocycles.